The molecule has 2 aliphatic rings. The number of carbonyl (C=O) groups excluding carboxylic acids is 1. The molecule has 0 bridgehead atoms. The molecule has 0 aliphatic carbocycles. The first-order chi connectivity index (χ1) is 21.6. The summed E-state index contributed by atoms with van der Waals surface area (Å²) in [4.78, 5) is 35.5. The second kappa shape index (κ2) is 14.4. The Hall–Kier alpha value is -4.70. The lowest BCUT2D eigenvalue weighted by Crippen LogP contribution is -2.54. The summed E-state index contributed by atoms with van der Waals surface area (Å²) in [5.74, 6) is 0.400. The molecule has 2 N–H and O–H groups in total. The van der Waals surface area contributed by atoms with E-state index in [2.05, 4.69) is 15.2 Å². The molecule has 0 radical (unpaired) electrons. The Morgan fingerprint density at radius 3 is 2.51 bits per heavy atom. The number of hydrogen-bond donors (Lipinski definition) is 2. The molecule has 0 spiro atoms. The number of pyridine rings is 2. The number of nitrogens with one attached hydrogen (secondary N) is 1. The van der Waals surface area contributed by atoms with Crippen LogP contribution in [0.2, 0.25) is 0 Å². The Kier molecular flexibility index (Phi) is 10.6. The van der Waals surface area contributed by atoms with Crippen LogP contribution in [-0.2, 0) is 21.2 Å². The molecule has 0 saturated carbocycles. The summed E-state index contributed by atoms with van der Waals surface area (Å²) >= 11 is 0. The van der Waals surface area contributed by atoms with Crippen molar-refractivity contribution in [2.45, 2.75) is 43.8 Å². The van der Waals surface area contributed by atoms with E-state index in [4.69, 9.17) is 19.6 Å². The molecule has 13 heteroatoms. The number of carboxylic acid groups (broad SMARTS) is 1. The molecule has 5 rings (SSSR count). The molecule has 0 unspecified atom stereocenters. The first-order valence-corrected chi connectivity index (χ1v) is 14.5. The third-order valence-corrected chi connectivity index (χ3v) is 8.18. The number of piperidine rings is 1. The van der Waals surface area contributed by atoms with Gasteiger partial charge in [0.05, 0.1) is 34.5 Å². The van der Waals surface area contributed by atoms with E-state index in [1.54, 1.807) is 12.4 Å². The first kappa shape index (κ1) is 33.2. The largest absolute Gasteiger partial charge is 0.483 e. The average molecular weight is 625 g/mol. The van der Waals surface area contributed by atoms with Gasteiger partial charge in [0.1, 0.15) is 6.07 Å². The second-order valence-corrected chi connectivity index (χ2v) is 11.0. The van der Waals surface area contributed by atoms with Gasteiger partial charge in [-0.25, -0.2) is 4.98 Å². The molecule has 238 valence electrons. The lowest BCUT2D eigenvalue weighted by Gasteiger charge is -2.42. The Bertz CT molecular complexity index is 1520. The summed E-state index contributed by atoms with van der Waals surface area (Å²) in [5.41, 5.74) is 0.827. The van der Waals surface area contributed by atoms with Gasteiger partial charge in [0.25, 0.3) is 6.47 Å². The van der Waals surface area contributed by atoms with Crippen molar-refractivity contribution in [1.29, 1.82) is 5.26 Å². The molecule has 2 saturated heterocycles. The van der Waals surface area contributed by atoms with Crippen LogP contribution in [-0.4, -0.2) is 78.2 Å². The molecule has 2 aliphatic heterocycles. The third kappa shape index (κ3) is 7.51. The van der Waals surface area contributed by atoms with Gasteiger partial charge in [0.15, 0.2) is 0 Å². The van der Waals surface area contributed by atoms with E-state index in [1.807, 2.05) is 49.2 Å². The van der Waals surface area contributed by atoms with Crippen LogP contribution in [0.4, 0.5) is 18.9 Å². The fraction of sp³-hybridized carbons (Fsp3) is 0.406. The standard InChI is InChI=1S/C31H33F3N6O2.CH2O2/c1-3-42-28-25(5-4-13-36-28)21-6-9-27(37-19-21)30(29(41)38-24-10-14-39(2)20-24)11-15-40(16-12-30)26-8-7-23(31(32,33)34)17-22(26)18-35;2-1-3/h4-9,13,17,19,24H,3,10-12,14-16,20H2,1-2H3,(H,38,41);1H,(H,2,3)/t24-;/m1./s1. The van der Waals surface area contributed by atoms with Crippen LogP contribution in [0.1, 0.15) is 43.0 Å². The number of likely N-dealkylation sites (tertiary alicyclic amines) is 1. The number of alkyl halides is 3. The van der Waals surface area contributed by atoms with E-state index < -0.39 is 17.2 Å². The normalized spacial score (nSPS) is 17.9. The summed E-state index contributed by atoms with van der Waals surface area (Å²) < 4.78 is 45.5. The van der Waals surface area contributed by atoms with E-state index in [0.717, 1.165) is 42.8 Å². The highest BCUT2D eigenvalue weighted by atomic mass is 19.4. The zero-order chi connectivity index (χ0) is 32.6. The summed E-state index contributed by atoms with van der Waals surface area (Å²) in [6.45, 7) is 4.52. The predicted octanol–water partition coefficient (Wildman–Crippen LogP) is 4.49. The summed E-state index contributed by atoms with van der Waals surface area (Å²) in [6.07, 6.45) is 0.481. The van der Waals surface area contributed by atoms with Crippen molar-refractivity contribution >= 4 is 18.1 Å². The summed E-state index contributed by atoms with van der Waals surface area (Å²) in [5, 5.41) is 19.8. The number of rotatable bonds is 7. The van der Waals surface area contributed by atoms with E-state index in [9.17, 15) is 23.2 Å². The van der Waals surface area contributed by atoms with Crippen LogP contribution in [0, 0.1) is 11.3 Å². The van der Waals surface area contributed by atoms with Crippen molar-refractivity contribution in [2.24, 2.45) is 0 Å². The minimum Gasteiger partial charge on any atom is -0.483 e. The van der Waals surface area contributed by atoms with Crippen LogP contribution in [0.5, 0.6) is 5.88 Å². The minimum atomic E-state index is -4.54. The Balaban J connectivity index is 0.00000148. The number of amides is 1. The van der Waals surface area contributed by atoms with Crippen LogP contribution in [0.3, 0.4) is 0 Å². The number of nitriles is 1. The van der Waals surface area contributed by atoms with Crippen molar-refractivity contribution in [3.05, 3.63) is 71.7 Å². The van der Waals surface area contributed by atoms with Crippen LogP contribution in [0.15, 0.2) is 54.9 Å². The van der Waals surface area contributed by atoms with Gasteiger partial charge in [-0.2, -0.15) is 18.4 Å². The fourth-order valence-electron chi connectivity index (χ4n) is 5.88. The smallest absolute Gasteiger partial charge is 0.416 e. The predicted molar refractivity (Wildman–Crippen MR) is 161 cm³/mol. The number of halogens is 3. The zero-order valence-electron chi connectivity index (χ0n) is 25.0. The van der Waals surface area contributed by atoms with Crippen molar-refractivity contribution in [2.75, 3.05) is 44.7 Å². The van der Waals surface area contributed by atoms with Gasteiger partial charge >= 0.3 is 6.18 Å². The third-order valence-electron chi connectivity index (χ3n) is 8.18. The monoisotopic (exact) mass is 624 g/mol. The van der Waals surface area contributed by atoms with E-state index in [1.165, 1.54) is 6.07 Å². The summed E-state index contributed by atoms with van der Waals surface area (Å²) in [6, 6.07) is 12.7. The van der Waals surface area contributed by atoms with Gasteiger partial charge in [-0.3, -0.25) is 14.6 Å². The summed E-state index contributed by atoms with van der Waals surface area (Å²) in [7, 11) is 2.02. The number of nitrogens with zero attached hydrogens (tertiary/aromatic N) is 5. The van der Waals surface area contributed by atoms with Gasteiger partial charge in [0.2, 0.25) is 11.8 Å². The minimum absolute atomic E-state index is 0.0286. The average Bonchev–Trinajstić information content (AvgIpc) is 3.45. The van der Waals surface area contributed by atoms with Crippen molar-refractivity contribution in [3.63, 3.8) is 0 Å². The highest BCUT2D eigenvalue weighted by molar-refractivity contribution is 5.88. The van der Waals surface area contributed by atoms with Crippen molar-refractivity contribution in [3.8, 4) is 23.1 Å². The maximum Gasteiger partial charge on any atom is 0.416 e. The number of benzene rings is 1. The zero-order valence-corrected chi connectivity index (χ0v) is 25.0. The van der Waals surface area contributed by atoms with Crippen molar-refractivity contribution in [1.82, 2.24) is 20.2 Å². The number of carbonyl (C=O) groups is 2. The van der Waals surface area contributed by atoms with Gasteiger partial charge in [-0.05, 0) is 76.2 Å². The van der Waals surface area contributed by atoms with E-state index >= 15 is 0 Å². The number of aromatic nitrogens is 2. The molecule has 2 aromatic heterocycles. The van der Waals surface area contributed by atoms with Crippen molar-refractivity contribution < 1.29 is 32.6 Å². The van der Waals surface area contributed by atoms with Gasteiger partial charge in [-0.15, -0.1) is 0 Å². The number of likely N-dealkylation sites (N-methyl/N-ethyl adjacent to an activating group) is 1. The molecule has 45 heavy (non-hydrogen) atoms. The lowest BCUT2D eigenvalue weighted by molar-refractivity contribution is -0.137. The molecular weight excluding hydrogens is 589 g/mol. The van der Waals surface area contributed by atoms with E-state index in [-0.39, 0.29) is 24.0 Å². The second-order valence-electron chi connectivity index (χ2n) is 11.0. The molecule has 4 heterocycles. The Morgan fingerprint density at radius 1 is 1.20 bits per heavy atom. The topological polar surface area (TPSA) is 132 Å². The quantitative estimate of drug-likeness (QED) is 0.365. The lowest BCUT2D eigenvalue weighted by atomic mass is 9.74. The van der Waals surface area contributed by atoms with Crippen LogP contribution < -0.4 is 15.0 Å². The molecule has 10 nitrogen and oxygen atoms in total. The molecule has 1 amide bonds. The highest BCUT2D eigenvalue weighted by Gasteiger charge is 2.45. The number of ether oxygens (including phenoxy) is 1. The van der Waals surface area contributed by atoms with Gasteiger partial charge in [-0.1, -0.05) is 6.07 Å². The van der Waals surface area contributed by atoms with E-state index in [0.29, 0.717) is 49.8 Å². The Morgan fingerprint density at radius 2 is 1.93 bits per heavy atom. The number of anilines is 1. The van der Waals surface area contributed by atoms with Crippen LogP contribution >= 0.6 is 0 Å². The molecule has 1 atom stereocenters. The van der Waals surface area contributed by atoms with Crippen LogP contribution in [0.25, 0.3) is 11.1 Å². The first-order valence-electron chi connectivity index (χ1n) is 14.5. The van der Waals surface area contributed by atoms with Gasteiger partial charge in [0, 0.05) is 49.2 Å². The fourth-order valence-corrected chi connectivity index (χ4v) is 5.88. The maximum atomic E-state index is 14.0. The molecular formula is C32H35F3N6O4. The maximum absolute atomic E-state index is 14.0. The SMILES string of the molecule is CCOc1ncccc1-c1ccc(C2(C(=O)N[C@@H]3CCN(C)C3)CCN(c3ccc(C(F)(F)F)cc3C#N)CC2)nc1.O=CO. The molecule has 3 aromatic rings. The molecule has 2 fully saturated rings. The molecule has 1 aromatic carbocycles. The highest BCUT2D eigenvalue weighted by Crippen LogP contribution is 2.40. The Labute approximate surface area is 259 Å². The van der Waals surface area contributed by atoms with Gasteiger partial charge < -0.3 is 25.0 Å². The number of hydrogen-bond acceptors (Lipinski definition) is 8.